The summed E-state index contributed by atoms with van der Waals surface area (Å²) in [7, 11) is 0. The number of hydrogen-bond acceptors (Lipinski definition) is 6. The molecule has 116 valence electrons. The third-order valence-electron chi connectivity index (χ3n) is 3.10. The van der Waals surface area contributed by atoms with Crippen LogP contribution in [0.1, 0.15) is 13.0 Å². The topological polar surface area (TPSA) is 108 Å². The molecule has 0 radical (unpaired) electrons. The first kappa shape index (κ1) is 14.6. The molecule has 0 aliphatic heterocycles. The summed E-state index contributed by atoms with van der Waals surface area (Å²) in [5.74, 6) is 0.161. The molecule has 3 aromatic heterocycles. The van der Waals surface area contributed by atoms with Gasteiger partial charge >= 0.3 is 0 Å². The van der Waals surface area contributed by atoms with Gasteiger partial charge in [0.1, 0.15) is 6.04 Å². The Bertz CT molecular complexity index is 858. The minimum Gasteiger partial charge on any atom is -0.293 e. The average molecular weight is 311 g/mol. The second-order valence-electron chi connectivity index (χ2n) is 4.66. The minimum atomic E-state index is -0.832. The molecule has 0 spiro atoms. The number of carbonyl (C=O) groups is 1. The van der Waals surface area contributed by atoms with Crippen molar-refractivity contribution in [3.05, 3.63) is 59.4 Å². The number of hydrogen-bond donors (Lipinski definition) is 1. The van der Waals surface area contributed by atoms with Gasteiger partial charge in [0.25, 0.3) is 11.5 Å². The lowest BCUT2D eigenvalue weighted by atomic mass is 10.3. The van der Waals surface area contributed by atoms with Crippen molar-refractivity contribution in [2.75, 3.05) is 5.32 Å². The average Bonchev–Trinajstić information content (AvgIpc) is 3.10. The van der Waals surface area contributed by atoms with Gasteiger partial charge in [0, 0.05) is 30.9 Å². The largest absolute Gasteiger partial charge is 0.293 e. The third kappa shape index (κ3) is 3.12. The van der Waals surface area contributed by atoms with Gasteiger partial charge in [0.15, 0.2) is 5.82 Å². The van der Waals surface area contributed by atoms with Crippen molar-refractivity contribution < 1.29 is 4.79 Å². The van der Waals surface area contributed by atoms with Gasteiger partial charge in [-0.3, -0.25) is 14.9 Å². The van der Waals surface area contributed by atoms with E-state index < -0.39 is 17.5 Å². The fourth-order valence-corrected chi connectivity index (χ4v) is 1.91. The van der Waals surface area contributed by atoms with Gasteiger partial charge in [0.2, 0.25) is 5.95 Å². The molecule has 3 aromatic rings. The van der Waals surface area contributed by atoms with Crippen molar-refractivity contribution in [2.24, 2.45) is 0 Å². The zero-order chi connectivity index (χ0) is 16.2. The summed E-state index contributed by atoms with van der Waals surface area (Å²) in [6, 6.07) is 5.42. The van der Waals surface area contributed by atoms with Crippen LogP contribution in [0.2, 0.25) is 0 Å². The molecule has 3 heterocycles. The molecule has 0 aromatic carbocycles. The molecule has 1 unspecified atom stereocenters. The van der Waals surface area contributed by atoms with E-state index in [1.807, 2.05) is 0 Å². The number of amides is 1. The first-order valence-electron chi connectivity index (χ1n) is 6.83. The summed E-state index contributed by atoms with van der Waals surface area (Å²) < 4.78 is 2.59. The summed E-state index contributed by atoms with van der Waals surface area (Å²) in [5.41, 5.74) is -0.391. The van der Waals surface area contributed by atoms with Crippen molar-refractivity contribution >= 4 is 11.9 Å². The standard InChI is InChI=1S/C14H13N7O2/c1-10(13(23)18-14-15-6-2-7-16-14)21-12(22)5-4-11(19-21)20-9-3-8-17-20/h2-10H,1H3,(H,15,16,18,23). The van der Waals surface area contributed by atoms with E-state index in [0.717, 1.165) is 4.68 Å². The Morgan fingerprint density at radius 3 is 2.65 bits per heavy atom. The molecule has 23 heavy (non-hydrogen) atoms. The number of carbonyl (C=O) groups excluding carboxylic acids is 1. The van der Waals surface area contributed by atoms with Crippen LogP contribution in [0.4, 0.5) is 5.95 Å². The number of anilines is 1. The Kier molecular flexibility index (Phi) is 3.91. The van der Waals surface area contributed by atoms with E-state index in [1.54, 1.807) is 31.5 Å². The SMILES string of the molecule is CC(C(=O)Nc1ncccn1)n1nc(-n2cccn2)ccc1=O. The van der Waals surface area contributed by atoms with E-state index in [1.165, 1.54) is 29.2 Å². The van der Waals surface area contributed by atoms with Crippen LogP contribution in [-0.2, 0) is 4.79 Å². The van der Waals surface area contributed by atoms with E-state index in [4.69, 9.17) is 0 Å². The third-order valence-corrected chi connectivity index (χ3v) is 3.10. The Morgan fingerprint density at radius 1 is 1.17 bits per heavy atom. The predicted molar refractivity (Wildman–Crippen MR) is 81.0 cm³/mol. The highest BCUT2D eigenvalue weighted by atomic mass is 16.2. The molecule has 0 aliphatic rings. The molecule has 0 saturated heterocycles. The van der Waals surface area contributed by atoms with Crippen LogP contribution < -0.4 is 10.9 Å². The van der Waals surface area contributed by atoms with E-state index in [-0.39, 0.29) is 5.95 Å². The fraction of sp³-hybridized carbons (Fsp3) is 0.143. The lowest BCUT2D eigenvalue weighted by Gasteiger charge is -2.14. The molecular weight excluding hydrogens is 298 g/mol. The first-order chi connectivity index (χ1) is 11.1. The van der Waals surface area contributed by atoms with Gasteiger partial charge in [-0.1, -0.05) is 0 Å². The maximum atomic E-state index is 12.2. The van der Waals surface area contributed by atoms with Gasteiger partial charge in [0.05, 0.1) is 0 Å². The lowest BCUT2D eigenvalue weighted by Crippen LogP contribution is -2.34. The van der Waals surface area contributed by atoms with Crippen molar-refractivity contribution in [1.82, 2.24) is 29.5 Å². The minimum absolute atomic E-state index is 0.167. The molecule has 9 heteroatoms. The molecule has 1 atom stereocenters. The Hall–Kier alpha value is -3.36. The molecule has 1 N–H and O–H groups in total. The highest BCUT2D eigenvalue weighted by Crippen LogP contribution is 2.07. The predicted octanol–water partition coefficient (Wildman–Crippen LogP) is 0.419. The van der Waals surface area contributed by atoms with E-state index in [2.05, 4.69) is 25.5 Å². The van der Waals surface area contributed by atoms with Crippen LogP contribution in [0.5, 0.6) is 0 Å². The summed E-state index contributed by atoms with van der Waals surface area (Å²) in [5, 5.41) is 10.8. The second-order valence-corrected chi connectivity index (χ2v) is 4.66. The lowest BCUT2D eigenvalue weighted by molar-refractivity contribution is -0.119. The van der Waals surface area contributed by atoms with Crippen LogP contribution in [0.3, 0.4) is 0 Å². The quantitative estimate of drug-likeness (QED) is 0.748. The monoisotopic (exact) mass is 311 g/mol. The summed E-state index contributed by atoms with van der Waals surface area (Å²) in [6.45, 7) is 1.57. The Labute approximate surface area is 130 Å². The highest BCUT2D eigenvalue weighted by molar-refractivity contribution is 5.91. The molecule has 0 fully saturated rings. The van der Waals surface area contributed by atoms with Crippen molar-refractivity contribution in [1.29, 1.82) is 0 Å². The molecule has 3 rings (SSSR count). The number of nitrogens with zero attached hydrogens (tertiary/aromatic N) is 6. The molecule has 9 nitrogen and oxygen atoms in total. The number of aromatic nitrogens is 6. The number of rotatable bonds is 4. The number of nitrogens with one attached hydrogen (secondary N) is 1. The molecular formula is C14H13N7O2. The maximum Gasteiger partial charge on any atom is 0.267 e. The zero-order valence-electron chi connectivity index (χ0n) is 12.2. The van der Waals surface area contributed by atoms with E-state index >= 15 is 0 Å². The summed E-state index contributed by atoms with van der Waals surface area (Å²) in [6.07, 6.45) is 6.31. The van der Waals surface area contributed by atoms with Crippen LogP contribution in [0.25, 0.3) is 5.82 Å². The van der Waals surface area contributed by atoms with Gasteiger partial charge in [-0.25, -0.2) is 19.3 Å². The smallest absolute Gasteiger partial charge is 0.267 e. The zero-order valence-corrected chi connectivity index (χ0v) is 12.2. The molecule has 1 amide bonds. The van der Waals surface area contributed by atoms with Crippen LogP contribution in [0, 0.1) is 0 Å². The van der Waals surface area contributed by atoms with Crippen molar-refractivity contribution in [2.45, 2.75) is 13.0 Å². The van der Waals surface area contributed by atoms with Crippen LogP contribution in [-0.4, -0.2) is 35.4 Å². The van der Waals surface area contributed by atoms with Gasteiger partial charge in [-0.2, -0.15) is 5.10 Å². The molecule has 0 saturated carbocycles. The summed E-state index contributed by atoms with van der Waals surface area (Å²) >= 11 is 0. The van der Waals surface area contributed by atoms with E-state index in [9.17, 15) is 9.59 Å². The van der Waals surface area contributed by atoms with Crippen LogP contribution >= 0.6 is 0 Å². The normalized spacial score (nSPS) is 11.9. The van der Waals surface area contributed by atoms with Gasteiger partial charge < -0.3 is 0 Å². The van der Waals surface area contributed by atoms with Gasteiger partial charge in [-0.05, 0) is 25.1 Å². The Balaban J connectivity index is 1.87. The van der Waals surface area contributed by atoms with E-state index in [0.29, 0.717) is 5.82 Å². The molecule has 0 bridgehead atoms. The fourth-order valence-electron chi connectivity index (χ4n) is 1.91. The first-order valence-corrected chi connectivity index (χ1v) is 6.83. The van der Waals surface area contributed by atoms with Crippen LogP contribution in [0.15, 0.2) is 53.8 Å². The van der Waals surface area contributed by atoms with Crippen molar-refractivity contribution in [3.8, 4) is 5.82 Å². The Morgan fingerprint density at radius 2 is 1.96 bits per heavy atom. The summed E-state index contributed by atoms with van der Waals surface area (Å²) in [4.78, 5) is 32.1. The van der Waals surface area contributed by atoms with Crippen molar-refractivity contribution in [3.63, 3.8) is 0 Å². The molecule has 0 aliphatic carbocycles. The van der Waals surface area contributed by atoms with Gasteiger partial charge in [-0.15, -0.1) is 5.10 Å². The highest BCUT2D eigenvalue weighted by Gasteiger charge is 2.19. The maximum absolute atomic E-state index is 12.2. The second kappa shape index (κ2) is 6.18.